The predicted octanol–water partition coefficient (Wildman–Crippen LogP) is 5.87. The van der Waals surface area contributed by atoms with E-state index in [1.807, 2.05) is 13.8 Å². The van der Waals surface area contributed by atoms with Crippen LogP contribution < -0.4 is 15.8 Å². The molecule has 2 aromatic carbocycles. The first-order valence-corrected chi connectivity index (χ1v) is 13.1. The van der Waals surface area contributed by atoms with Crippen LogP contribution in [0.4, 0.5) is 5.69 Å². The summed E-state index contributed by atoms with van der Waals surface area (Å²) in [5, 5.41) is 3.42. The number of carbonyl (C=O) groups is 3. The summed E-state index contributed by atoms with van der Waals surface area (Å²) in [7, 11) is 1.22. The third kappa shape index (κ3) is 6.00. The number of Topliss-reactive ketones (excluding diaryl/α,β-unsaturated/α-hetero) is 1. The highest BCUT2D eigenvalue weighted by Crippen LogP contribution is 2.50. The standard InChI is InChI=1S/C27H25BrCl2N2O6/c1-27(2)10-18(33)23-20(11-27)38-25(31)24(26(35)36-3)22(23)17-6-13(28)4-5-19(17)37-12-21(34)32-16-8-14(29)7-15(30)9-16/h4-9,22H,10-12,31H2,1-3H3,(H,32,34). The number of nitrogens with two attached hydrogens (primary N) is 1. The number of halogens is 3. The second-order valence-electron chi connectivity index (χ2n) is 9.76. The molecule has 0 saturated carbocycles. The number of ether oxygens (including phenoxy) is 3. The van der Waals surface area contributed by atoms with Gasteiger partial charge in [0.05, 0.1) is 13.0 Å². The molecule has 4 rings (SSSR count). The Labute approximate surface area is 238 Å². The molecule has 0 radical (unpaired) electrons. The quantitative estimate of drug-likeness (QED) is 0.386. The largest absolute Gasteiger partial charge is 0.483 e. The molecule has 0 saturated heterocycles. The molecule has 8 nitrogen and oxygen atoms in total. The molecular formula is C27H25BrCl2N2O6. The molecule has 38 heavy (non-hydrogen) atoms. The van der Waals surface area contributed by atoms with E-state index in [-0.39, 0.29) is 41.4 Å². The Balaban J connectivity index is 1.71. The second-order valence-corrected chi connectivity index (χ2v) is 11.5. The number of allylic oxidation sites excluding steroid dienone is 2. The zero-order chi connectivity index (χ0) is 27.8. The minimum absolute atomic E-state index is 0.0136. The van der Waals surface area contributed by atoms with Crippen molar-refractivity contribution in [3.63, 3.8) is 0 Å². The van der Waals surface area contributed by atoms with Gasteiger partial charge in [-0.25, -0.2) is 4.79 Å². The number of benzene rings is 2. The lowest BCUT2D eigenvalue weighted by Gasteiger charge is -2.38. The Hall–Kier alpha value is -3.01. The number of nitrogens with one attached hydrogen (secondary N) is 1. The van der Waals surface area contributed by atoms with Crippen LogP contribution in [0.15, 0.2) is 63.7 Å². The lowest BCUT2D eigenvalue weighted by molar-refractivity contribution is -0.136. The van der Waals surface area contributed by atoms with Crippen molar-refractivity contribution in [2.45, 2.75) is 32.6 Å². The van der Waals surface area contributed by atoms with E-state index in [4.69, 9.17) is 43.1 Å². The van der Waals surface area contributed by atoms with Gasteiger partial charge in [-0.15, -0.1) is 0 Å². The molecule has 3 N–H and O–H groups in total. The van der Waals surface area contributed by atoms with E-state index in [1.54, 1.807) is 36.4 Å². The minimum Gasteiger partial charge on any atom is -0.483 e. The number of amides is 1. The number of methoxy groups -OCH3 is 1. The molecule has 200 valence electrons. The van der Waals surface area contributed by atoms with Gasteiger partial charge < -0.3 is 25.3 Å². The van der Waals surface area contributed by atoms with E-state index >= 15 is 0 Å². The molecule has 0 bridgehead atoms. The van der Waals surface area contributed by atoms with Gasteiger partial charge in [0, 0.05) is 44.2 Å². The smallest absolute Gasteiger partial charge is 0.340 e. The van der Waals surface area contributed by atoms with Gasteiger partial charge in [-0.05, 0) is 41.8 Å². The molecule has 0 spiro atoms. The summed E-state index contributed by atoms with van der Waals surface area (Å²) in [5.74, 6) is -1.76. The van der Waals surface area contributed by atoms with Gasteiger partial charge in [-0.1, -0.05) is 53.0 Å². The SMILES string of the molecule is COC(=O)C1=C(N)OC2=C(C(=O)CC(C)(C)C2)C1c1cc(Br)ccc1OCC(=O)Nc1cc(Cl)cc(Cl)c1. The Morgan fingerprint density at radius 1 is 1.16 bits per heavy atom. The fourth-order valence-electron chi connectivity index (χ4n) is 4.65. The average molecular weight is 624 g/mol. The molecule has 1 amide bonds. The van der Waals surface area contributed by atoms with E-state index in [1.165, 1.54) is 7.11 Å². The molecule has 1 unspecified atom stereocenters. The number of rotatable bonds is 6. The van der Waals surface area contributed by atoms with Crippen LogP contribution in [0.1, 0.15) is 38.2 Å². The summed E-state index contributed by atoms with van der Waals surface area (Å²) in [6, 6.07) is 9.73. The number of ketones is 1. The maximum atomic E-state index is 13.4. The van der Waals surface area contributed by atoms with Crippen molar-refractivity contribution in [3.05, 3.63) is 79.3 Å². The predicted molar refractivity (Wildman–Crippen MR) is 147 cm³/mol. The summed E-state index contributed by atoms with van der Waals surface area (Å²) < 4.78 is 17.4. The molecular weight excluding hydrogens is 599 g/mol. The highest BCUT2D eigenvalue weighted by atomic mass is 79.9. The van der Waals surface area contributed by atoms with Crippen molar-refractivity contribution in [2.75, 3.05) is 19.0 Å². The van der Waals surface area contributed by atoms with Gasteiger partial charge in [-0.3, -0.25) is 9.59 Å². The van der Waals surface area contributed by atoms with Crippen molar-refractivity contribution in [2.24, 2.45) is 11.1 Å². The van der Waals surface area contributed by atoms with E-state index in [2.05, 4.69) is 21.2 Å². The van der Waals surface area contributed by atoms with Crippen LogP contribution in [0.2, 0.25) is 10.0 Å². The number of carbonyl (C=O) groups excluding carboxylic acids is 3. The topological polar surface area (TPSA) is 117 Å². The maximum absolute atomic E-state index is 13.4. The summed E-state index contributed by atoms with van der Waals surface area (Å²) in [5.41, 5.74) is 7.03. The Kier molecular flexibility index (Phi) is 8.11. The van der Waals surface area contributed by atoms with Crippen LogP contribution in [0.3, 0.4) is 0 Å². The van der Waals surface area contributed by atoms with Gasteiger partial charge in [0.2, 0.25) is 5.88 Å². The highest BCUT2D eigenvalue weighted by Gasteiger charge is 2.45. The summed E-state index contributed by atoms with van der Waals surface area (Å²) >= 11 is 15.5. The van der Waals surface area contributed by atoms with Crippen molar-refractivity contribution >= 4 is 62.5 Å². The third-order valence-electron chi connectivity index (χ3n) is 6.15. The average Bonchev–Trinajstić information content (AvgIpc) is 2.80. The molecule has 1 aliphatic heterocycles. The van der Waals surface area contributed by atoms with Crippen LogP contribution >= 0.6 is 39.1 Å². The molecule has 11 heteroatoms. The summed E-state index contributed by atoms with van der Waals surface area (Å²) in [6.07, 6.45) is 0.712. The van der Waals surface area contributed by atoms with E-state index in [0.717, 1.165) is 0 Å². The van der Waals surface area contributed by atoms with Gasteiger partial charge in [0.1, 0.15) is 17.1 Å². The minimum atomic E-state index is -0.919. The fraction of sp³-hybridized carbons (Fsp3) is 0.296. The van der Waals surface area contributed by atoms with Crippen molar-refractivity contribution in [1.82, 2.24) is 0 Å². The monoisotopic (exact) mass is 622 g/mol. The molecule has 1 aliphatic carbocycles. The highest BCUT2D eigenvalue weighted by molar-refractivity contribution is 9.10. The Morgan fingerprint density at radius 2 is 1.84 bits per heavy atom. The van der Waals surface area contributed by atoms with Crippen molar-refractivity contribution < 1.29 is 28.6 Å². The van der Waals surface area contributed by atoms with Gasteiger partial charge >= 0.3 is 5.97 Å². The number of anilines is 1. The molecule has 1 atom stereocenters. The molecule has 1 heterocycles. The Bertz CT molecular complexity index is 1380. The molecule has 2 aromatic rings. The first kappa shape index (κ1) is 28.0. The van der Waals surface area contributed by atoms with E-state index in [9.17, 15) is 14.4 Å². The molecule has 0 fully saturated rings. The van der Waals surface area contributed by atoms with Crippen LogP contribution in [-0.2, 0) is 23.9 Å². The lowest BCUT2D eigenvalue weighted by atomic mass is 9.70. The first-order chi connectivity index (χ1) is 17.9. The van der Waals surface area contributed by atoms with Crippen molar-refractivity contribution in [1.29, 1.82) is 0 Å². The van der Waals surface area contributed by atoms with Gasteiger partial charge in [0.25, 0.3) is 5.91 Å². The molecule has 2 aliphatic rings. The number of hydrogen-bond acceptors (Lipinski definition) is 7. The van der Waals surface area contributed by atoms with E-state index < -0.39 is 17.8 Å². The van der Waals surface area contributed by atoms with Crippen LogP contribution in [0, 0.1) is 5.41 Å². The van der Waals surface area contributed by atoms with Crippen LogP contribution in [0.25, 0.3) is 0 Å². The van der Waals surface area contributed by atoms with Crippen LogP contribution in [-0.4, -0.2) is 31.4 Å². The second kappa shape index (κ2) is 11.0. The maximum Gasteiger partial charge on any atom is 0.340 e. The normalized spacial score (nSPS) is 18.5. The zero-order valence-corrected chi connectivity index (χ0v) is 23.9. The lowest BCUT2D eigenvalue weighted by Crippen LogP contribution is -2.35. The first-order valence-electron chi connectivity index (χ1n) is 11.6. The summed E-state index contributed by atoms with van der Waals surface area (Å²) in [6.45, 7) is 3.55. The van der Waals surface area contributed by atoms with Gasteiger partial charge in [0.15, 0.2) is 12.4 Å². The number of esters is 1. The van der Waals surface area contributed by atoms with Gasteiger partial charge in [-0.2, -0.15) is 0 Å². The number of hydrogen-bond donors (Lipinski definition) is 2. The van der Waals surface area contributed by atoms with E-state index in [0.29, 0.717) is 43.5 Å². The van der Waals surface area contributed by atoms with Crippen LogP contribution in [0.5, 0.6) is 5.75 Å². The third-order valence-corrected chi connectivity index (χ3v) is 7.08. The van der Waals surface area contributed by atoms with Crippen molar-refractivity contribution in [3.8, 4) is 5.75 Å². The molecule has 0 aromatic heterocycles. The fourth-order valence-corrected chi connectivity index (χ4v) is 5.55. The summed E-state index contributed by atoms with van der Waals surface area (Å²) in [4.78, 5) is 39.0. The zero-order valence-electron chi connectivity index (χ0n) is 20.8. The Morgan fingerprint density at radius 3 is 2.50 bits per heavy atom.